The molecule has 0 spiro atoms. The number of amides is 1. The van der Waals surface area contributed by atoms with Crippen molar-refractivity contribution in [3.8, 4) is 0 Å². The molecule has 0 aliphatic heterocycles. The number of aromatic amines is 1. The quantitative estimate of drug-likeness (QED) is 0.471. The fourth-order valence-corrected chi connectivity index (χ4v) is 2.39. The molecule has 0 saturated heterocycles. The van der Waals surface area contributed by atoms with Crippen LogP contribution in [0.1, 0.15) is 17.3 Å². The molecule has 2 rings (SSSR count). The van der Waals surface area contributed by atoms with Crippen LogP contribution in [0, 0.1) is 10.1 Å². The van der Waals surface area contributed by atoms with Crippen LogP contribution in [0.5, 0.6) is 0 Å². The van der Waals surface area contributed by atoms with E-state index < -0.39 is 10.8 Å². The number of nitrogens with zero attached hydrogens (tertiary/aromatic N) is 4. The third-order valence-corrected chi connectivity index (χ3v) is 3.62. The molecular formula is C13H16N6O3S. The Kier molecular flexibility index (Phi) is 5.16. The van der Waals surface area contributed by atoms with Crippen LogP contribution in [0.4, 0.5) is 17.3 Å². The van der Waals surface area contributed by atoms with E-state index in [0.717, 1.165) is 5.75 Å². The van der Waals surface area contributed by atoms with Gasteiger partial charge in [0.15, 0.2) is 0 Å². The van der Waals surface area contributed by atoms with Crippen LogP contribution >= 0.6 is 11.8 Å². The lowest BCUT2D eigenvalue weighted by molar-refractivity contribution is -0.384. The molecule has 0 aliphatic rings. The highest BCUT2D eigenvalue weighted by molar-refractivity contribution is 7.99. The number of hydrogen-bond donors (Lipinski definition) is 2. The van der Waals surface area contributed by atoms with Gasteiger partial charge in [-0.1, -0.05) is 18.7 Å². The van der Waals surface area contributed by atoms with Crippen molar-refractivity contribution in [3.63, 3.8) is 0 Å². The van der Waals surface area contributed by atoms with Crippen molar-refractivity contribution in [1.29, 1.82) is 0 Å². The molecule has 10 heteroatoms. The number of H-pyrrole nitrogens is 1. The van der Waals surface area contributed by atoms with Crippen molar-refractivity contribution in [1.82, 2.24) is 15.2 Å². The first-order valence-corrected chi connectivity index (χ1v) is 7.73. The lowest BCUT2D eigenvalue weighted by atomic mass is 10.1. The number of thioether (sulfide) groups is 1. The molecule has 0 bridgehead atoms. The minimum atomic E-state index is -0.517. The van der Waals surface area contributed by atoms with E-state index in [9.17, 15) is 14.9 Å². The largest absolute Gasteiger partial charge is 0.372 e. The summed E-state index contributed by atoms with van der Waals surface area (Å²) in [7, 11) is 3.40. The van der Waals surface area contributed by atoms with E-state index in [-0.39, 0.29) is 17.2 Å². The summed E-state index contributed by atoms with van der Waals surface area (Å²) in [5.41, 5.74) is 0.457. The van der Waals surface area contributed by atoms with Gasteiger partial charge in [0.05, 0.1) is 4.92 Å². The van der Waals surface area contributed by atoms with Crippen molar-refractivity contribution in [2.45, 2.75) is 12.1 Å². The second-order valence-electron chi connectivity index (χ2n) is 4.71. The molecule has 122 valence electrons. The second kappa shape index (κ2) is 7.09. The molecule has 1 amide bonds. The highest BCUT2D eigenvalue weighted by Gasteiger charge is 2.19. The topological polar surface area (TPSA) is 117 Å². The summed E-state index contributed by atoms with van der Waals surface area (Å²) in [6.45, 7) is 1.96. The molecule has 0 atom stereocenters. The molecular weight excluding hydrogens is 320 g/mol. The maximum atomic E-state index is 12.2. The molecule has 1 heterocycles. The van der Waals surface area contributed by atoms with Gasteiger partial charge in [0, 0.05) is 25.7 Å². The summed E-state index contributed by atoms with van der Waals surface area (Å²) in [6, 6.07) is 4.30. The first-order chi connectivity index (χ1) is 10.9. The highest BCUT2D eigenvalue weighted by atomic mass is 32.2. The third-order valence-electron chi connectivity index (χ3n) is 2.89. The van der Waals surface area contributed by atoms with Gasteiger partial charge >= 0.3 is 0 Å². The van der Waals surface area contributed by atoms with Crippen LogP contribution in [-0.4, -0.2) is 45.9 Å². The molecule has 0 unspecified atom stereocenters. The third kappa shape index (κ3) is 3.97. The van der Waals surface area contributed by atoms with Gasteiger partial charge < -0.3 is 4.90 Å². The maximum absolute atomic E-state index is 12.2. The highest BCUT2D eigenvalue weighted by Crippen LogP contribution is 2.28. The number of carbonyl (C=O) groups is 1. The van der Waals surface area contributed by atoms with Crippen molar-refractivity contribution >= 4 is 35.0 Å². The summed E-state index contributed by atoms with van der Waals surface area (Å²) >= 11 is 1.43. The van der Waals surface area contributed by atoms with Crippen LogP contribution in [0.25, 0.3) is 0 Å². The Labute approximate surface area is 136 Å². The Morgan fingerprint density at radius 2 is 2.22 bits per heavy atom. The van der Waals surface area contributed by atoms with E-state index in [4.69, 9.17) is 0 Å². The van der Waals surface area contributed by atoms with Gasteiger partial charge in [0.2, 0.25) is 11.1 Å². The number of carbonyl (C=O) groups excluding carboxylic acids is 1. The molecule has 1 aromatic carbocycles. The summed E-state index contributed by atoms with van der Waals surface area (Å²) in [6.07, 6.45) is 0. The molecule has 0 saturated carbocycles. The fraction of sp³-hybridized carbons (Fsp3) is 0.308. The number of rotatable bonds is 6. The number of nitro benzene ring substituents is 1. The first-order valence-electron chi connectivity index (χ1n) is 6.74. The van der Waals surface area contributed by atoms with Gasteiger partial charge in [-0.2, -0.15) is 4.98 Å². The molecule has 0 aliphatic carbocycles. The Morgan fingerprint density at radius 3 is 2.83 bits per heavy atom. The summed E-state index contributed by atoms with van der Waals surface area (Å²) in [5.74, 6) is 0.511. The summed E-state index contributed by atoms with van der Waals surface area (Å²) in [5, 5.41) is 20.7. The minimum absolute atomic E-state index is 0.137. The van der Waals surface area contributed by atoms with Gasteiger partial charge in [-0.05, 0) is 17.9 Å². The average molecular weight is 336 g/mol. The molecule has 2 N–H and O–H groups in total. The van der Waals surface area contributed by atoms with Gasteiger partial charge in [-0.25, -0.2) is 5.10 Å². The summed E-state index contributed by atoms with van der Waals surface area (Å²) in [4.78, 5) is 28.5. The Bertz CT molecular complexity index is 730. The zero-order valence-electron chi connectivity index (χ0n) is 12.9. The normalized spacial score (nSPS) is 10.4. The minimum Gasteiger partial charge on any atom is -0.372 e. The fourth-order valence-electron chi connectivity index (χ4n) is 1.86. The first kappa shape index (κ1) is 16.7. The number of nitrogens with one attached hydrogen (secondary N) is 2. The van der Waals surface area contributed by atoms with Crippen LogP contribution in [0.15, 0.2) is 23.4 Å². The van der Waals surface area contributed by atoms with E-state index in [1.54, 1.807) is 19.0 Å². The number of nitro groups is 1. The maximum Gasteiger partial charge on any atom is 0.293 e. The van der Waals surface area contributed by atoms with Crippen LogP contribution in [0.2, 0.25) is 0 Å². The van der Waals surface area contributed by atoms with Gasteiger partial charge in [0.1, 0.15) is 5.69 Å². The van der Waals surface area contributed by atoms with E-state index in [1.807, 2.05) is 6.92 Å². The van der Waals surface area contributed by atoms with Gasteiger partial charge in [0.25, 0.3) is 11.6 Å². The zero-order chi connectivity index (χ0) is 17.0. The SMILES string of the molecule is CCSc1n[nH]c(NC(=O)c2ccc(N(C)C)c([N+](=O)[O-])c2)n1. The molecule has 2 aromatic rings. The summed E-state index contributed by atoms with van der Waals surface area (Å²) < 4.78 is 0. The van der Waals surface area contributed by atoms with E-state index in [2.05, 4.69) is 20.5 Å². The van der Waals surface area contributed by atoms with E-state index in [0.29, 0.717) is 10.8 Å². The zero-order valence-corrected chi connectivity index (χ0v) is 13.7. The lowest BCUT2D eigenvalue weighted by Crippen LogP contribution is -2.15. The smallest absolute Gasteiger partial charge is 0.293 e. The monoisotopic (exact) mass is 336 g/mol. The van der Waals surface area contributed by atoms with E-state index >= 15 is 0 Å². The Hall–Kier alpha value is -2.62. The lowest BCUT2D eigenvalue weighted by Gasteiger charge is -2.13. The number of anilines is 2. The van der Waals surface area contributed by atoms with Crippen molar-refractivity contribution < 1.29 is 9.72 Å². The Balaban J connectivity index is 2.21. The number of benzene rings is 1. The average Bonchev–Trinajstić information content (AvgIpc) is 2.94. The molecule has 9 nitrogen and oxygen atoms in total. The standard InChI is InChI=1S/C13H16N6O3S/c1-4-23-13-15-12(16-17-13)14-11(20)8-5-6-9(18(2)3)10(7-8)19(21)22/h5-7H,4H2,1-3H3,(H2,14,15,16,17,20). The molecule has 23 heavy (non-hydrogen) atoms. The van der Waals surface area contributed by atoms with Crippen molar-refractivity contribution in [3.05, 3.63) is 33.9 Å². The van der Waals surface area contributed by atoms with Crippen molar-refractivity contribution in [2.75, 3.05) is 30.1 Å². The van der Waals surface area contributed by atoms with E-state index in [1.165, 1.54) is 30.0 Å². The van der Waals surface area contributed by atoms with Crippen LogP contribution in [-0.2, 0) is 0 Å². The molecule has 0 fully saturated rings. The second-order valence-corrected chi connectivity index (χ2v) is 5.94. The predicted molar refractivity (Wildman–Crippen MR) is 88.2 cm³/mol. The number of hydrogen-bond acceptors (Lipinski definition) is 7. The Morgan fingerprint density at radius 1 is 1.48 bits per heavy atom. The van der Waals surface area contributed by atoms with Gasteiger partial charge in [-0.3, -0.25) is 20.2 Å². The van der Waals surface area contributed by atoms with Crippen LogP contribution < -0.4 is 10.2 Å². The predicted octanol–water partition coefficient (Wildman–Crippen LogP) is 2.14. The van der Waals surface area contributed by atoms with Gasteiger partial charge in [-0.15, -0.1) is 5.10 Å². The van der Waals surface area contributed by atoms with Crippen LogP contribution in [0.3, 0.4) is 0 Å². The number of aromatic nitrogens is 3. The molecule has 1 aromatic heterocycles. The van der Waals surface area contributed by atoms with Crippen molar-refractivity contribution in [2.24, 2.45) is 0 Å². The molecule has 0 radical (unpaired) electrons.